The summed E-state index contributed by atoms with van der Waals surface area (Å²) in [5.41, 5.74) is -1.40. The fourth-order valence-corrected chi connectivity index (χ4v) is 14.5. The zero-order valence-corrected chi connectivity index (χ0v) is 59.6. The van der Waals surface area contributed by atoms with Crippen LogP contribution in [-0.4, -0.2) is 210 Å². The Balaban J connectivity index is 0.935. The highest BCUT2D eigenvalue weighted by molar-refractivity contribution is 6.23. The molecule has 9 aromatic rings. The predicted molar refractivity (Wildman–Crippen MR) is 388 cm³/mol. The van der Waals surface area contributed by atoms with Crippen LogP contribution in [0.1, 0.15) is 124 Å². The van der Waals surface area contributed by atoms with Gasteiger partial charge in [-0.3, -0.25) is 43.5 Å². The van der Waals surface area contributed by atoms with Gasteiger partial charge < -0.3 is 61.9 Å². The van der Waals surface area contributed by atoms with Crippen molar-refractivity contribution >= 4 is 71.3 Å². The third-order valence-corrected chi connectivity index (χ3v) is 20.0. The Morgan fingerprint density at radius 3 is 0.796 bits per heavy atom. The molecule has 6 aliphatic heterocycles. The van der Waals surface area contributed by atoms with E-state index >= 15 is 38.4 Å². The van der Waals surface area contributed by atoms with Crippen LogP contribution in [0.2, 0.25) is 0 Å². The van der Waals surface area contributed by atoms with Crippen molar-refractivity contribution in [1.29, 1.82) is 0 Å². The van der Waals surface area contributed by atoms with Crippen molar-refractivity contribution in [3.8, 4) is 0 Å². The van der Waals surface area contributed by atoms with Gasteiger partial charge in [-0.25, -0.2) is 28.8 Å². The van der Waals surface area contributed by atoms with Crippen LogP contribution in [0.4, 0.5) is 0 Å². The number of carbonyl (C=O) groups is 12. The van der Waals surface area contributed by atoms with E-state index in [4.69, 9.17) is 56.8 Å². The number of fused-ring (bicyclic) bond motifs is 3. The van der Waals surface area contributed by atoms with Crippen LogP contribution >= 0.6 is 0 Å². The summed E-state index contributed by atoms with van der Waals surface area (Å²) in [5, 5.41) is 12.9. The molecule has 0 saturated carbocycles. The highest BCUT2D eigenvalue weighted by atomic mass is 16.8. The molecule has 113 heavy (non-hydrogen) atoms. The number of hydrogen-bond acceptors (Lipinski definition) is 25. The molecule has 6 aliphatic rings. The normalized spacial score (nSPS) is 25.0. The minimum atomic E-state index is -2.43. The maximum atomic E-state index is 15.9. The maximum absolute atomic E-state index is 15.9. The molecule has 0 aromatic heterocycles. The molecule has 0 spiro atoms. The fourth-order valence-electron chi connectivity index (χ4n) is 14.5. The van der Waals surface area contributed by atoms with E-state index in [1.807, 2.05) is 0 Å². The van der Waals surface area contributed by atoms with Crippen molar-refractivity contribution in [2.24, 2.45) is 0 Å². The monoisotopic (exact) mass is 1530 g/mol. The van der Waals surface area contributed by atoms with E-state index in [2.05, 4.69) is 0 Å². The number of methoxy groups -OCH3 is 1. The predicted octanol–water partition coefficient (Wildman–Crippen LogP) is 8.18. The largest absolute Gasteiger partial charge is 0.459 e. The summed E-state index contributed by atoms with van der Waals surface area (Å²) in [6, 6.07) is 55.3. The van der Waals surface area contributed by atoms with Crippen molar-refractivity contribution in [3.05, 3.63) is 322 Å². The van der Waals surface area contributed by atoms with E-state index in [1.165, 1.54) is 194 Å². The summed E-state index contributed by atoms with van der Waals surface area (Å²) >= 11 is 0. The number of aliphatic hydroxyl groups excluding tert-OH is 1. The summed E-state index contributed by atoms with van der Waals surface area (Å²) in [7, 11) is 1.15. The molecule has 572 valence electrons. The molecule has 28 nitrogen and oxygen atoms in total. The molecule has 7 unspecified atom stereocenters. The second kappa shape index (κ2) is 32.9. The Bertz CT molecular complexity index is 5030. The summed E-state index contributed by atoms with van der Waals surface area (Å²) in [6.45, 7) is -2.84. The SMILES string of the molecule is CO[C@H]1OC(COC(=O)c2ccccc2)[C@H](O[C@@H]2OC(COC(=O)c3ccccc3)C(O[C@H]3OC(COC(=O)c4ccccc4)[C@H](O)C(OC(=O)c4ccccc4)[C@H]3N3C(=O)c4ccccc4C3=O)[C@H](OC(=O)c3ccccc3)C2N2C(=O)c3ccccc3C2=O)C(OC(=O)c2ccccc2)[C@H]1N1C(=O)c2ccccc2C1=O. The van der Waals surface area contributed by atoms with E-state index in [-0.39, 0.29) is 66.8 Å². The van der Waals surface area contributed by atoms with Crippen LogP contribution in [0, 0.1) is 0 Å². The van der Waals surface area contributed by atoms with Gasteiger partial charge in [0, 0.05) is 7.11 Å². The first-order valence-corrected chi connectivity index (χ1v) is 35.8. The summed E-state index contributed by atoms with van der Waals surface area (Å²) < 4.78 is 78.9. The van der Waals surface area contributed by atoms with Crippen LogP contribution < -0.4 is 0 Å². The van der Waals surface area contributed by atoms with Gasteiger partial charge in [-0.2, -0.15) is 0 Å². The number of amides is 6. The van der Waals surface area contributed by atoms with Crippen LogP contribution in [0.15, 0.2) is 255 Å². The number of hydrogen-bond donors (Lipinski definition) is 1. The second-order valence-electron chi connectivity index (χ2n) is 26.7. The van der Waals surface area contributed by atoms with E-state index in [1.54, 1.807) is 60.7 Å². The highest BCUT2D eigenvalue weighted by Gasteiger charge is 2.64. The molecule has 1 N–H and O–H groups in total. The number of carbonyl (C=O) groups excluding carboxylic acids is 12. The van der Waals surface area contributed by atoms with E-state index in [0.717, 1.165) is 12.0 Å². The first-order chi connectivity index (χ1) is 55.0. The molecule has 0 radical (unpaired) electrons. The Morgan fingerprint density at radius 2 is 0.513 bits per heavy atom. The van der Waals surface area contributed by atoms with Gasteiger partial charge in [-0.1, -0.05) is 146 Å². The Morgan fingerprint density at radius 1 is 0.292 bits per heavy atom. The van der Waals surface area contributed by atoms with Crippen LogP contribution in [0.3, 0.4) is 0 Å². The van der Waals surface area contributed by atoms with E-state index in [9.17, 15) is 24.3 Å². The fraction of sp³-hybridized carbons (Fsp3) is 0.224. The lowest BCUT2D eigenvalue weighted by atomic mass is 9.91. The number of nitrogens with zero attached hydrogens (tertiary/aromatic N) is 3. The maximum Gasteiger partial charge on any atom is 0.338 e. The topological polar surface area (TPSA) is 346 Å². The number of esters is 6. The highest BCUT2D eigenvalue weighted by Crippen LogP contribution is 2.44. The Hall–Kier alpha value is -13.1. The lowest BCUT2D eigenvalue weighted by Gasteiger charge is -2.53. The molecule has 0 aliphatic carbocycles. The number of rotatable bonds is 23. The quantitative estimate of drug-likeness (QED) is 0.0358. The molecule has 3 saturated heterocycles. The minimum Gasteiger partial charge on any atom is -0.459 e. The number of benzene rings is 9. The Kier molecular flexibility index (Phi) is 21.9. The first-order valence-electron chi connectivity index (χ1n) is 35.8. The smallest absolute Gasteiger partial charge is 0.338 e. The molecule has 15 rings (SSSR count). The minimum absolute atomic E-state index is 0.0326. The number of aliphatic hydroxyl groups is 1. The van der Waals surface area contributed by atoms with Crippen LogP contribution in [0.5, 0.6) is 0 Å². The van der Waals surface area contributed by atoms with Crippen molar-refractivity contribution < 1.29 is 119 Å². The summed E-state index contributed by atoms with van der Waals surface area (Å²) in [6.07, 6.45) is -25.7. The van der Waals surface area contributed by atoms with Crippen molar-refractivity contribution in [1.82, 2.24) is 14.7 Å². The van der Waals surface area contributed by atoms with Crippen molar-refractivity contribution in [2.45, 2.75) is 91.9 Å². The van der Waals surface area contributed by atoms with Gasteiger partial charge in [0.1, 0.15) is 74.6 Å². The summed E-state index contributed by atoms with van der Waals surface area (Å²) in [4.78, 5) is 183. The number of ether oxygens (including phenoxy) is 12. The van der Waals surface area contributed by atoms with Crippen LogP contribution in [-0.2, 0) is 56.8 Å². The molecular weight excluding hydrogens is 1460 g/mol. The zero-order chi connectivity index (χ0) is 78.6. The van der Waals surface area contributed by atoms with Gasteiger partial charge in [0.15, 0.2) is 37.2 Å². The first kappa shape index (κ1) is 75.4. The molecule has 0 bridgehead atoms. The Labute approximate surface area is 643 Å². The van der Waals surface area contributed by atoms with Crippen LogP contribution in [0.25, 0.3) is 0 Å². The molecule has 9 aromatic carbocycles. The van der Waals surface area contributed by atoms with Gasteiger partial charge in [-0.05, 0) is 109 Å². The van der Waals surface area contributed by atoms with E-state index in [0.29, 0.717) is 9.80 Å². The standard InChI is InChI=1S/C85H67N3O25/c1-102-83-63(87-73(92)55-40-22-23-41-56(55)74(87)93)69(110-81(100)51-34-16-6-17-35-51)66(60(107-83)45-104-78(97)48-28-10-3-11-29-48)113-85-64(88-75(94)57-42-24-25-43-58(57)76(88)95)70(111-82(101)52-36-18-7-19-37-52)67(61(108-85)46-105-79(98)49-30-12-4-13-31-49)112-84-62(86-71(90)53-38-20-21-39-54(53)72(86)91)68(109-80(99)50-32-14-5-15-33-50)65(89)59(106-84)44-103-77(96)47-26-8-2-9-27-47/h2-43,59-70,83-85,89H,44-46H2,1H3/t59?,60?,61?,62-,63-,64?,65+,66+,67?,68?,69?,70-,83+,84-,85+/m1/s1. The second-order valence-corrected chi connectivity index (χ2v) is 26.7. The van der Waals surface area contributed by atoms with Crippen molar-refractivity contribution in [3.63, 3.8) is 0 Å². The summed E-state index contributed by atoms with van der Waals surface area (Å²) in [5.74, 6) is -12.6. The molecule has 6 heterocycles. The third-order valence-electron chi connectivity index (χ3n) is 20.0. The average molecular weight is 1530 g/mol. The molecule has 28 heteroatoms. The number of imide groups is 3. The molecular formula is C85H67N3O25. The lowest BCUT2D eigenvalue weighted by Crippen LogP contribution is -2.72. The van der Waals surface area contributed by atoms with Crippen molar-refractivity contribution in [2.75, 3.05) is 26.9 Å². The van der Waals surface area contributed by atoms with Gasteiger partial charge in [0.25, 0.3) is 35.4 Å². The van der Waals surface area contributed by atoms with Gasteiger partial charge in [0.2, 0.25) is 0 Å². The van der Waals surface area contributed by atoms with E-state index < -0.39 is 183 Å². The lowest BCUT2D eigenvalue weighted by molar-refractivity contribution is -0.359. The molecule has 6 amide bonds. The molecule has 15 atom stereocenters. The van der Waals surface area contributed by atoms with Gasteiger partial charge in [-0.15, -0.1) is 0 Å². The third kappa shape index (κ3) is 15.0. The van der Waals surface area contributed by atoms with Gasteiger partial charge in [0.05, 0.1) is 66.8 Å². The van der Waals surface area contributed by atoms with Gasteiger partial charge >= 0.3 is 35.8 Å². The average Bonchev–Trinajstić information content (AvgIpc) is 1.68. The molecule has 3 fully saturated rings. The zero-order valence-electron chi connectivity index (χ0n) is 59.6.